The van der Waals surface area contributed by atoms with Crippen molar-refractivity contribution in [2.45, 2.75) is 13.0 Å². The number of nitrogens with zero attached hydrogens (tertiary/aromatic N) is 1. The highest BCUT2D eigenvalue weighted by Crippen LogP contribution is 2.19. The van der Waals surface area contributed by atoms with Gasteiger partial charge in [-0.1, -0.05) is 0 Å². The summed E-state index contributed by atoms with van der Waals surface area (Å²) in [5.74, 6) is 0.522. The SMILES string of the molecule is CC(O)c1nc2ccc(NC=O)cc2[nH]1. The van der Waals surface area contributed by atoms with Gasteiger partial charge in [0.15, 0.2) is 0 Å². The predicted molar refractivity (Wildman–Crippen MR) is 56.4 cm³/mol. The minimum absolute atomic E-state index is 0.522. The van der Waals surface area contributed by atoms with Crippen molar-refractivity contribution in [1.29, 1.82) is 0 Å². The number of anilines is 1. The number of aliphatic hydroxyl groups is 1. The number of aromatic amines is 1. The fraction of sp³-hybridized carbons (Fsp3) is 0.200. The molecule has 0 aliphatic rings. The Bertz CT molecular complexity index is 490. The molecular formula is C10H11N3O2. The van der Waals surface area contributed by atoms with Crippen molar-refractivity contribution in [1.82, 2.24) is 9.97 Å². The van der Waals surface area contributed by atoms with Crippen molar-refractivity contribution >= 4 is 23.1 Å². The van der Waals surface area contributed by atoms with Crippen molar-refractivity contribution in [3.63, 3.8) is 0 Å². The highest BCUT2D eigenvalue weighted by molar-refractivity contribution is 5.83. The standard InChI is InChI=1S/C10H11N3O2/c1-6(15)10-12-8-3-2-7(11-5-14)4-9(8)13-10/h2-6,15H,1H3,(H,11,14)(H,12,13). The molecule has 1 unspecified atom stereocenters. The maximum Gasteiger partial charge on any atom is 0.211 e. The number of fused-ring (bicyclic) bond motifs is 1. The molecule has 0 aliphatic carbocycles. The minimum atomic E-state index is -0.625. The topological polar surface area (TPSA) is 78.0 Å². The largest absolute Gasteiger partial charge is 0.385 e. The molecule has 1 heterocycles. The molecule has 0 saturated heterocycles. The van der Waals surface area contributed by atoms with Crippen molar-refractivity contribution < 1.29 is 9.90 Å². The van der Waals surface area contributed by atoms with E-state index in [1.165, 1.54) is 0 Å². The fourth-order valence-electron chi connectivity index (χ4n) is 1.39. The molecule has 78 valence electrons. The van der Waals surface area contributed by atoms with E-state index in [0.29, 0.717) is 17.9 Å². The predicted octanol–water partition coefficient (Wildman–Crippen LogP) is 1.18. The van der Waals surface area contributed by atoms with Crippen LogP contribution in [0, 0.1) is 0 Å². The zero-order valence-electron chi connectivity index (χ0n) is 8.19. The van der Waals surface area contributed by atoms with Gasteiger partial charge in [-0.25, -0.2) is 4.98 Å². The first-order valence-corrected chi connectivity index (χ1v) is 4.58. The summed E-state index contributed by atoms with van der Waals surface area (Å²) in [4.78, 5) is 17.4. The molecule has 1 aromatic carbocycles. The normalized spacial score (nSPS) is 12.7. The van der Waals surface area contributed by atoms with Gasteiger partial charge in [0.25, 0.3) is 0 Å². The average molecular weight is 205 g/mol. The summed E-state index contributed by atoms with van der Waals surface area (Å²) >= 11 is 0. The lowest BCUT2D eigenvalue weighted by atomic mass is 10.3. The maximum atomic E-state index is 10.2. The highest BCUT2D eigenvalue weighted by Gasteiger charge is 2.07. The number of benzene rings is 1. The number of amides is 1. The van der Waals surface area contributed by atoms with E-state index >= 15 is 0 Å². The Kier molecular flexibility index (Phi) is 2.39. The minimum Gasteiger partial charge on any atom is -0.385 e. The molecule has 5 nitrogen and oxygen atoms in total. The number of aliphatic hydroxyl groups excluding tert-OH is 1. The lowest BCUT2D eigenvalue weighted by Crippen LogP contribution is -1.92. The maximum absolute atomic E-state index is 10.2. The van der Waals surface area contributed by atoms with Gasteiger partial charge in [-0.2, -0.15) is 0 Å². The van der Waals surface area contributed by atoms with Crippen LogP contribution in [0.1, 0.15) is 18.9 Å². The van der Waals surface area contributed by atoms with Crippen LogP contribution in [0.25, 0.3) is 11.0 Å². The van der Waals surface area contributed by atoms with Crippen LogP contribution >= 0.6 is 0 Å². The van der Waals surface area contributed by atoms with Gasteiger partial charge in [0.1, 0.15) is 11.9 Å². The number of rotatable bonds is 3. The van der Waals surface area contributed by atoms with Crippen LogP contribution < -0.4 is 5.32 Å². The van der Waals surface area contributed by atoms with E-state index in [2.05, 4.69) is 15.3 Å². The molecule has 0 bridgehead atoms. The molecule has 3 N–H and O–H groups in total. The van der Waals surface area contributed by atoms with Gasteiger partial charge in [-0.3, -0.25) is 4.79 Å². The third-order valence-corrected chi connectivity index (χ3v) is 2.12. The van der Waals surface area contributed by atoms with Crippen LogP contribution in [0.3, 0.4) is 0 Å². The second kappa shape index (κ2) is 3.70. The van der Waals surface area contributed by atoms with Crippen molar-refractivity contribution in [3.8, 4) is 0 Å². The lowest BCUT2D eigenvalue weighted by Gasteiger charge is -1.96. The summed E-state index contributed by atoms with van der Waals surface area (Å²) in [5.41, 5.74) is 2.25. The molecule has 2 aromatic rings. The van der Waals surface area contributed by atoms with Gasteiger partial charge in [0.2, 0.25) is 6.41 Å². The van der Waals surface area contributed by atoms with E-state index in [4.69, 9.17) is 0 Å². The van der Waals surface area contributed by atoms with Crippen LogP contribution in [0.4, 0.5) is 5.69 Å². The monoisotopic (exact) mass is 205 g/mol. The van der Waals surface area contributed by atoms with Crippen molar-refractivity contribution in [2.75, 3.05) is 5.32 Å². The molecule has 15 heavy (non-hydrogen) atoms. The summed E-state index contributed by atoms with van der Waals surface area (Å²) in [6.07, 6.45) is -0.00694. The average Bonchev–Trinajstić information content (AvgIpc) is 2.61. The quantitative estimate of drug-likeness (QED) is 0.658. The Balaban J connectivity index is 2.47. The smallest absolute Gasteiger partial charge is 0.211 e. The van der Waals surface area contributed by atoms with Crippen LogP contribution in [-0.4, -0.2) is 21.5 Å². The van der Waals surface area contributed by atoms with Crippen LogP contribution in [-0.2, 0) is 4.79 Å². The number of imidazole rings is 1. The Morgan fingerprint density at radius 1 is 1.60 bits per heavy atom. The van der Waals surface area contributed by atoms with E-state index in [1.807, 2.05) is 0 Å². The zero-order chi connectivity index (χ0) is 10.8. The van der Waals surface area contributed by atoms with Gasteiger partial charge >= 0.3 is 0 Å². The van der Waals surface area contributed by atoms with Gasteiger partial charge < -0.3 is 15.4 Å². The Morgan fingerprint density at radius 3 is 3.07 bits per heavy atom. The lowest BCUT2D eigenvalue weighted by molar-refractivity contribution is -0.105. The van der Waals surface area contributed by atoms with E-state index in [0.717, 1.165) is 11.0 Å². The summed E-state index contributed by atoms with van der Waals surface area (Å²) in [6, 6.07) is 5.30. The Hall–Kier alpha value is -1.88. The van der Waals surface area contributed by atoms with Gasteiger partial charge in [0, 0.05) is 5.69 Å². The number of carbonyl (C=O) groups is 1. The molecule has 2 rings (SSSR count). The molecule has 0 fully saturated rings. The first-order valence-electron chi connectivity index (χ1n) is 4.58. The number of aromatic nitrogens is 2. The first-order chi connectivity index (χ1) is 7.20. The van der Waals surface area contributed by atoms with Crippen LogP contribution in [0.15, 0.2) is 18.2 Å². The van der Waals surface area contributed by atoms with Gasteiger partial charge in [0.05, 0.1) is 11.0 Å². The van der Waals surface area contributed by atoms with Crippen LogP contribution in [0.2, 0.25) is 0 Å². The molecule has 0 radical (unpaired) electrons. The number of hydrogen-bond donors (Lipinski definition) is 3. The third-order valence-electron chi connectivity index (χ3n) is 2.12. The molecule has 1 amide bonds. The summed E-state index contributed by atoms with van der Waals surface area (Å²) < 4.78 is 0. The van der Waals surface area contributed by atoms with E-state index in [1.54, 1.807) is 25.1 Å². The number of H-pyrrole nitrogens is 1. The van der Waals surface area contributed by atoms with Gasteiger partial charge in [-0.15, -0.1) is 0 Å². The molecule has 0 spiro atoms. The van der Waals surface area contributed by atoms with Crippen molar-refractivity contribution in [3.05, 3.63) is 24.0 Å². The summed E-state index contributed by atoms with van der Waals surface area (Å²) in [7, 11) is 0. The zero-order valence-corrected chi connectivity index (χ0v) is 8.19. The molecule has 0 aliphatic heterocycles. The Morgan fingerprint density at radius 2 is 2.40 bits per heavy atom. The van der Waals surface area contributed by atoms with Crippen molar-refractivity contribution in [2.24, 2.45) is 0 Å². The molecular weight excluding hydrogens is 194 g/mol. The molecule has 5 heteroatoms. The van der Waals surface area contributed by atoms with E-state index in [-0.39, 0.29) is 0 Å². The summed E-state index contributed by atoms with van der Waals surface area (Å²) in [6.45, 7) is 1.64. The van der Waals surface area contributed by atoms with E-state index < -0.39 is 6.10 Å². The summed E-state index contributed by atoms with van der Waals surface area (Å²) in [5, 5.41) is 11.9. The van der Waals surface area contributed by atoms with Gasteiger partial charge in [-0.05, 0) is 25.1 Å². The number of hydrogen-bond acceptors (Lipinski definition) is 3. The Labute approximate surface area is 86.1 Å². The third kappa shape index (κ3) is 1.82. The number of carbonyl (C=O) groups excluding carboxylic acids is 1. The van der Waals surface area contributed by atoms with Crippen LogP contribution in [0.5, 0.6) is 0 Å². The van der Waals surface area contributed by atoms with E-state index in [9.17, 15) is 9.90 Å². The molecule has 1 aromatic heterocycles. The fourth-order valence-corrected chi connectivity index (χ4v) is 1.39. The number of nitrogens with one attached hydrogen (secondary N) is 2. The second-order valence-electron chi connectivity index (χ2n) is 3.29. The molecule has 1 atom stereocenters. The highest BCUT2D eigenvalue weighted by atomic mass is 16.3. The first kappa shape index (κ1) is 9.67. The molecule has 0 saturated carbocycles. The second-order valence-corrected chi connectivity index (χ2v) is 3.29.